The molecule has 0 fully saturated rings. The monoisotopic (exact) mass is 192 g/mol. The third-order valence-corrected chi connectivity index (χ3v) is 2.50. The third-order valence-electron chi connectivity index (χ3n) is 2.50. The largest absolute Gasteiger partial charge is 0.399 e. The predicted octanol–water partition coefficient (Wildman–Crippen LogP) is 2.50. The zero-order chi connectivity index (χ0) is 10.6. The van der Waals surface area contributed by atoms with Crippen molar-refractivity contribution >= 4 is 5.69 Å². The lowest BCUT2D eigenvalue weighted by molar-refractivity contribution is 0.225. The normalized spacial score (nSPS) is 11.2. The molecule has 0 saturated heterocycles. The Bertz CT molecular complexity index is 264. The van der Waals surface area contributed by atoms with Crippen LogP contribution >= 0.6 is 0 Å². The van der Waals surface area contributed by atoms with Crippen molar-refractivity contribution in [3.8, 4) is 0 Å². The first-order chi connectivity index (χ1) is 6.63. The number of anilines is 1. The predicted molar refractivity (Wildman–Crippen MR) is 62.1 cm³/mol. The maximum atomic E-state index is 5.64. The molecule has 0 radical (unpaired) electrons. The molecule has 0 aromatic heterocycles. The topological polar surface area (TPSA) is 29.3 Å². The lowest BCUT2D eigenvalue weighted by Gasteiger charge is -2.24. The van der Waals surface area contributed by atoms with Crippen LogP contribution < -0.4 is 5.73 Å². The first-order valence-corrected chi connectivity index (χ1v) is 5.22. The molecule has 0 saturated carbocycles. The lowest BCUT2D eigenvalue weighted by atomic mass is 10.2. The molecule has 0 heterocycles. The van der Waals surface area contributed by atoms with Crippen molar-refractivity contribution in [3.05, 3.63) is 29.8 Å². The van der Waals surface area contributed by atoms with E-state index in [1.54, 1.807) is 0 Å². The molecule has 0 amide bonds. The number of hydrogen-bond donors (Lipinski definition) is 1. The van der Waals surface area contributed by atoms with Gasteiger partial charge in [-0.3, -0.25) is 4.90 Å². The van der Waals surface area contributed by atoms with Gasteiger partial charge in [-0.25, -0.2) is 0 Å². The molecule has 0 aliphatic heterocycles. The fourth-order valence-corrected chi connectivity index (χ4v) is 1.52. The molecule has 2 nitrogen and oxygen atoms in total. The van der Waals surface area contributed by atoms with Gasteiger partial charge >= 0.3 is 0 Å². The van der Waals surface area contributed by atoms with Crippen LogP contribution in [0, 0.1) is 0 Å². The molecule has 1 aromatic carbocycles. The van der Waals surface area contributed by atoms with Crippen molar-refractivity contribution in [1.82, 2.24) is 4.90 Å². The van der Waals surface area contributed by atoms with Crippen molar-refractivity contribution in [1.29, 1.82) is 0 Å². The van der Waals surface area contributed by atoms with E-state index in [4.69, 9.17) is 5.73 Å². The fourth-order valence-electron chi connectivity index (χ4n) is 1.52. The van der Waals surface area contributed by atoms with Crippen molar-refractivity contribution in [2.75, 3.05) is 12.3 Å². The van der Waals surface area contributed by atoms with Gasteiger partial charge in [0.15, 0.2) is 0 Å². The molecule has 14 heavy (non-hydrogen) atoms. The molecule has 0 unspecified atom stereocenters. The third kappa shape index (κ3) is 3.04. The van der Waals surface area contributed by atoms with Gasteiger partial charge in [0.1, 0.15) is 0 Å². The molecule has 2 heteroatoms. The smallest absolute Gasteiger partial charge is 0.0314 e. The van der Waals surface area contributed by atoms with Gasteiger partial charge in [-0.1, -0.05) is 19.1 Å². The second-order valence-electron chi connectivity index (χ2n) is 3.90. The summed E-state index contributed by atoms with van der Waals surface area (Å²) in [7, 11) is 0. The standard InChI is InChI=1S/C12H20N2/c1-4-14(10(2)3)9-11-5-7-12(13)8-6-11/h5-8,10H,4,9,13H2,1-3H3. The van der Waals surface area contributed by atoms with Crippen molar-refractivity contribution in [2.45, 2.75) is 33.4 Å². The number of nitrogen functional groups attached to an aromatic ring is 1. The summed E-state index contributed by atoms with van der Waals surface area (Å²) in [5, 5.41) is 0. The van der Waals surface area contributed by atoms with Gasteiger partial charge in [0.05, 0.1) is 0 Å². The van der Waals surface area contributed by atoms with E-state index in [1.807, 2.05) is 12.1 Å². The Balaban J connectivity index is 2.63. The summed E-state index contributed by atoms with van der Waals surface area (Å²) < 4.78 is 0. The van der Waals surface area contributed by atoms with E-state index >= 15 is 0 Å². The second-order valence-corrected chi connectivity index (χ2v) is 3.90. The van der Waals surface area contributed by atoms with E-state index in [2.05, 4.69) is 37.8 Å². The highest BCUT2D eigenvalue weighted by molar-refractivity contribution is 5.39. The van der Waals surface area contributed by atoms with Gasteiger partial charge in [-0.15, -0.1) is 0 Å². The zero-order valence-corrected chi connectivity index (χ0v) is 9.33. The van der Waals surface area contributed by atoms with Crippen LogP contribution in [0.2, 0.25) is 0 Å². The lowest BCUT2D eigenvalue weighted by Crippen LogP contribution is -2.29. The van der Waals surface area contributed by atoms with Crippen LogP contribution in [0.15, 0.2) is 24.3 Å². The number of hydrogen-bond acceptors (Lipinski definition) is 2. The summed E-state index contributed by atoms with van der Waals surface area (Å²) in [6, 6.07) is 8.71. The molecule has 2 N–H and O–H groups in total. The van der Waals surface area contributed by atoms with Gasteiger partial charge in [0.2, 0.25) is 0 Å². The molecule has 0 aliphatic carbocycles. The van der Waals surface area contributed by atoms with Gasteiger partial charge in [0.25, 0.3) is 0 Å². The number of nitrogens with zero attached hydrogens (tertiary/aromatic N) is 1. The number of nitrogens with two attached hydrogens (primary N) is 1. The average molecular weight is 192 g/mol. The summed E-state index contributed by atoms with van der Waals surface area (Å²) in [5.74, 6) is 0. The van der Waals surface area contributed by atoms with E-state index in [1.165, 1.54) is 5.56 Å². The van der Waals surface area contributed by atoms with Crippen LogP contribution in [0.4, 0.5) is 5.69 Å². The summed E-state index contributed by atoms with van der Waals surface area (Å²) in [6.07, 6.45) is 0. The minimum atomic E-state index is 0.595. The summed E-state index contributed by atoms with van der Waals surface area (Å²) >= 11 is 0. The Morgan fingerprint density at radius 2 is 1.79 bits per heavy atom. The van der Waals surface area contributed by atoms with Crippen molar-refractivity contribution < 1.29 is 0 Å². The molecule has 0 bridgehead atoms. The highest BCUT2D eigenvalue weighted by Gasteiger charge is 2.06. The highest BCUT2D eigenvalue weighted by Crippen LogP contribution is 2.10. The van der Waals surface area contributed by atoms with E-state index < -0.39 is 0 Å². The van der Waals surface area contributed by atoms with Crippen LogP contribution in [0.25, 0.3) is 0 Å². The van der Waals surface area contributed by atoms with E-state index in [9.17, 15) is 0 Å². The second kappa shape index (κ2) is 5.01. The first kappa shape index (κ1) is 11.1. The Kier molecular flexibility index (Phi) is 3.96. The fraction of sp³-hybridized carbons (Fsp3) is 0.500. The van der Waals surface area contributed by atoms with E-state index in [0.29, 0.717) is 6.04 Å². The summed E-state index contributed by atoms with van der Waals surface area (Å²) in [4.78, 5) is 2.42. The Morgan fingerprint density at radius 1 is 1.21 bits per heavy atom. The molecule has 78 valence electrons. The average Bonchev–Trinajstić information content (AvgIpc) is 2.16. The van der Waals surface area contributed by atoms with Crippen molar-refractivity contribution in [2.24, 2.45) is 0 Å². The molecule has 0 spiro atoms. The molecule has 0 aliphatic rings. The van der Waals surface area contributed by atoms with E-state index in [-0.39, 0.29) is 0 Å². The Labute approximate surface area is 86.7 Å². The summed E-state index contributed by atoms with van der Waals surface area (Å²) in [5.41, 5.74) is 7.80. The molecular formula is C12H20N2. The Hall–Kier alpha value is -1.02. The maximum absolute atomic E-state index is 5.64. The van der Waals surface area contributed by atoms with Crippen LogP contribution in [-0.4, -0.2) is 17.5 Å². The molecular weight excluding hydrogens is 172 g/mol. The summed E-state index contributed by atoms with van der Waals surface area (Å²) in [6.45, 7) is 8.73. The molecule has 0 atom stereocenters. The Morgan fingerprint density at radius 3 is 2.21 bits per heavy atom. The SMILES string of the molecule is CCN(Cc1ccc(N)cc1)C(C)C. The van der Waals surface area contributed by atoms with Gasteiger partial charge in [0, 0.05) is 18.3 Å². The minimum absolute atomic E-state index is 0.595. The van der Waals surface area contributed by atoms with Gasteiger partial charge in [-0.05, 0) is 38.1 Å². The first-order valence-electron chi connectivity index (χ1n) is 5.22. The minimum Gasteiger partial charge on any atom is -0.399 e. The molecule has 1 rings (SSSR count). The van der Waals surface area contributed by atoms with Crippen molar-refractivity contribution in [3.63, 3.8) is 0 Å². The quantitative estimate of drug-likeness (QED) is 0.743. The van der Waals surface area contributed by atoms with Crippen LogP contribution in [0.1, 0.15) is 26.3 Å². The number of rotatable bonds is 4. The van der Waals surface area contributed by atoms with Gasteiger partial charge < -0.3 is 5.73 Å². The highest BCUT2D eigenvalue weighted by atomic mass is 15.1. The molecule has 1 aromatic rings. The number of benzene rings is 1. The van der Waals surface area contributed by atoms with Crippen LogP contribution in [-0.2, 0) is 6.54 Å². The van der Waals surface area contributed by atoms with Crippen LogP contribution in [0.3, 0.4) is 0 Å². The van der Waals surface area contributed by atoms with Crippen LogP contribution in [0.5, 0.6) is 0 Å². The van der Waals surface area contributed by atoms with Gasteiger partial charge in [-0.2, -0.15) is 0 Å². The maximum Gasteiger partial charge on any atom is 0.0314 e. The zero-order valence-electron chi connectivity index (χ0n) is 9.33. The van der Waals surface area contributed by atoms with E-state index in [0.717, 1.165) is 18.8 Å².